The van der Waals surface area contributed by atoms with Crippen LogP contribution in [0, 0.1) is 0 Å². The zero-order valence-electron chi connectivity index (χ0n) is 17.9. The summed E-state index contributed by atoms with van der Waals surface area (Å²) >= 11 is 0. The number of nitrogens with zero attached hydrogens (tertiary/aromatic N) is 5. The summed E-state index contributed by atoms with van der Waals surface area (Å²) in [6.45, 7) is 2.93. The van der Waals surface area contributed by atoms with Gasteiger partial charge in [0.05, 0.1) is 6.20 Å². The van der Waals surface area contributed by atoms with Gasteiger partial charge in [-0.1, -0.05) is 24.3 Å². The molecule has 0 amide bonds. The van der Waals surface area contributed by atoms with Crippen LogP contribution in [0.3, 0.4) is 0 Å². The van der Waals surface area contributed by atoms with E-state index in [4.69, 9.17) is 0 Å². The number of halogens is 1. The summed E-state index contributed by atoms with van der Waals surface area (Å²) in [6.07, 6.45) is 7.45. The van der Waals surface area contributed by atoms with Gasteiger partial charge in [-0.25, -0.2) is 0 Å². The lowest BCUT2D eigenvalue weighted by Crippen LogP contribution is -2.55. The van der Waals surface area contributed by atoms with Gasteiger partial charge in [0.25, 0.3) is 0 Å². The van der Waals surface area contributed by atoms with E-state index in [2.05, 4.69) is 69.8 Å². The lowest BCUT2D eigenvalue weighted by atomic mass is 9.94. The smallest absolute Gasteiger partial charge is 0.193 e. The van der Waals surface area contributed by atoms with Crippen LogP contribution in [0.1, 0.15) is 29.0 Å². The van der Waals surface area contributed by atoms with Crippen molar-refractivity contribution in [1.29, 1.82) is 0 Å². The van der Waals surface area contributed by atoms with Crippen LogP contribution in [-0.2, 0) is 19.9 Å². The van der Waals surface area contributed by atoms with Crippen molar-refractivity contribution in [3.05, 3.63) is 53.3 Å². The van der Waals surface area contributed by atoms with E-state index in [-0.39, 0.29) is 29.5 Å². The maximum Gasteiger partial charge on any atom is 0.193 e. The second-order valence-electron chi connectivity index (χ2n) is 8.52. The first-order valence-electron chi connectivity index (χ1n) is 10.2. The van der Waals surface area contributed by atoms with E-state index in [1.807, 2.05) is 25.0 Å². The SMILES string of the molecule is CN=C(NCC1(N(C)C)Cc2ccccc2C1)N1CCC(c2cnn(C)c2)C1.I. The third-order valence-corrected chi connectivity index (χ3v) is 6.58. The second kappa shape index (κ2) is 9.04. The van der Waals surface area contributed by atoms with Gasteiger partial charge in [0.15, 0.2) is 5.96 Å². The average Bonchev–Trinajstić information content (AvgIpc) is 3.40. The van der Waals surface area contributed by atoms with E-state index in [1.165, 1.54) is 16.7 Å². The van der Waals surface area contributed by atoms with E-state index < -0.39 is 0 Å². The molecule has 7 heteroatoms. The Balaban J connectivity index is 0.00000240. The van der Waals surface area contributed by atoms with Gasteiger partial charge in [0.1, 0.15) is 0 Å². The van der Waals surface area contributed by atoms with Crippen LogP contribution in [0.2, 0.25) is 0 Å². The molecule has 0 radical (unpaired) electrons. The second-order valence-corrected chi connectivity index (χ2v) is 8.52. The predicted octanol–water partition coefficient (Wildman–Crippen LogP) is 2.50. The summed E-state index contributed by atoms with van der Waals surface area (Å²) in [7, 11) is 8.28. The molecule has 1 aromatic heterocycles. The molecule has 1 aliphatic heterocycles. The molecule has 2 heterocycles. The number of hydrogen-bond acceptors (Lipinski definition) is 3. The average molecular weight is 508 g/mol. The van der Waals surface area contributed by atoms with Crippen molar-refractivity contribution < 1.29 is 0 Å². The fourth-order valence-corrected chi connectivity index (χ4v) is 4.72. The Hall–Kier alpha value is -1.61. The molecule has 0 bridgehead atoms. The topological polar surface area (TPSA) is 48.7 Å². The molecule has 0 spiro atoms. The molecule has 1 aliphatic carbocycles. The molecule has 4 rings (SSSR count). The standard InChI is InChI=1S/C22H32N6.HI/c1-23-21(28-10-9-19(15-28)20-13-25-27(4)14-20)24-16-22(26(2)3)11-17-7-5-6-8-18(17)12-22;/h5-8,13-14,19H,9-12,15-16H2,1-4H3,(H,23,24);1H. The fourth-order valence-electron chi connectivity index (χ4n) is 4.72. The maximum absolute atomic E-state index is 4.60. The van der Waals surface area contributed by atoms with Gasteiger partial charge < -0.3 is 15.1 Å². The van der Waals surface area contributed by atoms with Crippen molar-refractivity contribution in [2.75, 3.05) is 40.8 Å². The highest BCUT2D eigenvalue weighted by molar-refractivity contribution is 14.0. The molecule has 1 fully saturated rings. The lowest BCUT2D eigenvalue weighted by Gasteiger charge is -2.37. The first-order chi connectivity index (χ1) is 13.5. The minimum atomic E-state index is 0. The summed E-state index contributed by atoms with van der Waals surface area (Å²) in [5.74, 6) is 1.55. The highest BCUT2D eigenvalue weighted by Crippen LogP contribution is 2.33. The molecule has 158 valence electrons. The summed E-state index contributed by atoms with van der Waals surface area (Å²) in [6, 6.07) is 8.85. The number of likely N-dealkylation sites (tertiary alicyclic amines) is 1. The van der Waals surface area contributed by atoms with Gasteiger partial charge in [0, 0.05) is 51.4 Å². The monoisotopic (exact) mass is 508 g/mol. The van der Waals surface area contributed by atoms with Crippen molar-refractivity contribution in [1.82, 2.24) is 24.9 Å². The van der Waals surface area contributed by atoms with Crippen molar-refractivity contribution >= 4 is 29.9 Å². The highest BCUT2D eigenvalue weighted by atomic mass is 127. The molecule has 2 aliphatic rings. The molecular formula is C22H33IN6. The number of nitrogens with one attached hydrogen (secondary N) is 1. The van der Waals surface area contributed by atoms with Gasteiger partial charge >= 0.3 is 0 Å². The van der Waals surface area contributed by atoms with Crippen LogP contribution in [0.4, 0.5) is 0 Å². The Kier molecular flexibility index (Phi) is 6.88. The molecule has 1 saturated heterocycles. The van der Waals surface area contributed by atoms with Crippen LogP contribution < -0.4 is 5.32 Å². The molecule has 0 saturated carbocycles. The number of hydrogen-bond donors (Lipinski definition) is 1. The highest BCUT2D eigenvalue weighted by Gasteiger charge is 2.39. The van der Waals surface area contributed by atoms with Crippen molar-refractivity contribution in [3.8, 4) is 0 Å². The zero-order valence-corrected chi connectivity index (χ0v) is 20.3. The number of rotatable bonds is 4. The van der Waals surface area contributed by atoms with Crippen molar-refractivity contribution in [3.63, 3.8) is 0 Å². The van der Waals surface area contributed by atoms with Crippen molar-refractivity contribution in [2.45, 2.75) is 30.7 Å². The van der Waals surface area contributed by atoms with E-state index >= 15 is 0 Å². The number of fused-ring (bicyclic) bond motifs is 1. The van der Waals surface area contributed by atoms with Gasteiger partial charge in [0.2, 0.25) is 0 Å². The van der Waals surface area contributed by atoms with E-state index in [0.29, 0.717) is 5.92 Å². The minimum Gasteiger partial charge on any atom is -0.354 e. The third kappa shape index (κ3) is 4.45. The molecule has 2 aromatic rings. The zero-order chi connectivity index (χ0) is 19.7. The Morgan fingerprint density at radius 3 is 2.52 bits per heavy atom. The maximum atomic E-state index is 4.60. The van der Waals surface area contributed by atoms with Crippen LogP contribution >= 0.6 is 24.0 Å². The fraction of sp³-hybridized carbons (Fsp3) is 0.545. The van der Waals surface area contributed by atoms with E-state index in [1.54, 1.807) is 0 Å². The van der Waals surface area contributed by atoms with E-state index in [0.717, 1.165) is 44.9 Å². The number of likely N-dealkylation sites (N-methyl/N-ethyl adjacent to an activating group) is 1. The number of benzene rings is 1. The Labute approximate surface area is 191 Å². The van der Waals surface area contributed by atoms with Crippen LogP contribution in [0.25, 0.3) is 0 Å². The number of aliphatic imine (C=N–C) groups is 1. The van der Waals surface area contributed by atoms with Crippen LogP contribution in [0.5, 0.6) is 0 Å². The molecule has 1 unspecified atom stereocenters. The van der Waals surface area contributed by atoms with Crippen LogP contribution in [0.15, 0.2) is 41.7 Å². The molecule has 1 atom stereocenters. The summed E-state index contributed by atoms with van der Waals surface area (Å²) in [4.78, 5) is 9.37. The molecule has 1 aromatic carbocycles. The van der Waals surface area contributed by atoms with Crippen LogP contribution in [-0.4, -0.2) is 71.9 Å². The van der Waals surface area contributed by atoms with Gasteiger partial charge in [-0.2, -0.15) is 5.10 Å². The minimum absolute atomic E-state index is 0. The normalized spacial score (nSPS) is 20.7. The predicted molar refractivity (Wildman–Crippen MR) is 129 cm³/mol. The number of aryl methyl sites for hydroxylation is 1. The molecule has 29 heavy (non-hydrogen) atoms. The van der Waals surface area contributed by atoms with Gasteiger partial charge in [-0.15, -0.1) is 24.0 Å². The lowest BCUT2D eigenvalue weighted by molar-refractivity contribution is 0.163. The number of aromatic nitrogens is 2. The van der Waals surface area contributed by atoms with Gasteiger partial charge in [-0.05, 0) is 50.0 Å². The summed E-state index contributed by atoms with van der Waals surface area (Å²) < 4.78 is 1.89. The largest absolute Gasteiger partial charge is 0.354 e. The quantitative estimate of drug-likeness (QED) is 0.392. The molecular weight excluding hydrogens is 475 g/mol. The van der Waals surface area contributed by atoms with E-state index in [9.17, 15) is 0 Å². The Morgan fingerprint density at radius 2 is 1.97 bits per heavy atom. The van der Waals surface area contributed by atoms with Gasteiger partial charge in [-0.3, -0.25) is 9.67 Å². The molecule has 6 nitrogen and oxygen atoms in total. The summed E-state index contributed by atoms with van der Waals surface area (Å²) in [5, 5.41) is 8.04. The number of guanidine groups is 1. The summed E-state index contributed by atoms with van der Waals surface area (Å²) in [5.41, 5.74) is 4.38. The Bertz CT molecular complexity index is 833. The van der Waals surface area contributed by atoms with Crippen molar-refractivity contribution in [2.24, 2.45) is 12.0 Å². The first kappa shape index (κ1) is 22.1. The Morgan fingerprint density at radius 1 is 1.28 bits per heavy atom. The first-order valence-corrected chi connectivity index (χ1v) is 10.2. The third-order valence-electron chi connectivity index (χ3n) is 6.58. The molecule has 1 N–H and O–H groups in total.